The quantitative estimate of drug-likeness (QED) is 0.656. The van der Waals surface area contributed by atoms with E-state index in [0.29, 0.717) is 5.69 Å². The van der Waals surface area contributed by atoms with E-state index in [-0.39, 0.29) is 19.1 Å². The molecule has 14 heavy (non-hydrogen) atoms. The van der Waals surface area contributed by atoms with Crippen LogP contribution in [-0.2, 0) is 0 Å². The van der Waals surface area contributed by atoms with Gasteiger partial charge >= 0.3 is 6.09 Å². The minimum atomic E-state index is -1.15. The Morgan fingerprint density at radius 2 is 2.43 bits per heavy atom. The van der Waals surface area contributed by atoms with E-state index in [0.717, 1.165) is 0 Å². The van der Waals surface area contributed by atoms with Gasteiger partial charge in [-0.1, -0.05) is 0 Å². The molecular formula is C8H10N2O4. The molecule has 6 heteroatoms. The fourth-order valence-corrected chi connectivity index (χ4v) is 0.840. The first-order chi connectivity index (χ1) is 6.72. The highest BCUT2D eigenvalue weighted by Gasteiger charge is 2.00. The van der Waals surface area contributed by atoms with Crippen LogP contribution in [0.2, 0.25) is 0 Å². The number of aliphatic hydroxyl groups is 1. The number of nitrogens with zero attached hydrogens (tertiary/aromatic N) is 1. The van der Waals surface area contributed by atoms with E-state index in [1.54, 1.807) is 0 Å². The minimum Gasteiger partial charge on any atom is -0.475 e. The van der Waals surface area contributed by atoms with Gasteiger partial charge in [0.2, 0.25) is 5.88 Å². The first-order valence-corrected chi connectivity index (χ1v) is 3.92. The molecule has 0 saturated heterocycles. The summed E-state index contributed by atoms with van der Waals surface area (Å²) >= 11 is 0. The van der Waals surface area contributed by atoms with Crippen molar-refractivity contribution in [1.29, 1.82) is 0 Å². The number of anilines is 1. The molecule has 0 aliphatic carbocycles. The Hall–Kier alpha value is -1.82. The normalized spacial score (nSPS) is 9.50. The van der Waals surface area contributed by atoms with Crippen LogP contribution in [0.25, 0.3) is 0 Å². The predicted octanol–water partition coefficient (Wildman–Crippen LogP) is 0.543. The van der Waals surface area contributed by atoms with Crippen molar-refractivity contribution in [2.75, 3.05) is 18.5 Å². The van der Waals surface area contributed by atoms with E-state index in [4.69, 9.17) is 14.9 Å². The van der Waals surface area contributed by atoms with Crippen molar-refractivity contribution in [1.82, 2.24) is 4.98 Å². The highest BCUT2D eigenvalue weighted by atomic mass is 16.5. The maximum Gasteiger partial charge on any atom is 0.409 e. The number of ether oxygens (including phenoxy) is 1. The van der Waals surface area contributed by atoms with Crippen molar-refractivity contribution in [3.63, 3.8) is 0 Å². The van der Waals surface area contributed by atoms with Crippen molar-refractivity contribution in [3.05, 3.63) is 18.3 Å². The summed E-state index contributed by atoms with van der Waals surface area (Å²) in [5, 5.41) is 19.1. The number of carboxylic acid groups (broad SMARTS) is 1. The van der Waals surface area contributed by atoms with E-state index in [1.807, 2.05) is 0 Å². The highest BCUT2D eigenvalue weighted by molar-refractivity contribution is 5.82. The number of rotatable bonds is 4. The molecule has 1 aromatic heterocycles. The third-order valence-corrected chi connectivity index (χ3v) is 1.33. The van der Waals surface area contributed by atoms with Gasteiger partial charge in [0, 0.05) is 12.3 Å². The van der Waals surface area contributed by atoms with E-state index < -0.39 is 6.09 Å². The molecule has 0 atom stereocenters. The Balaban J connectivity index is 2.63. The summed E-state index contributed by atoms with van der Waals surface area (Å²) in [6.45, 7) is 0.0157. The summed E-state index contributed by atoms with van der Waals surface area (Å²) < 4.78 is 4.98. The molecule has 0 unspecified atom stereocenters. The Labute approximate surface area is 80.2 Å². The molecule has 0 aromatic carbocycles. The molecule has 0 spiro atoms. The number of hydrogen-bond acceptors (Lipinski definition) is 4. The lowest BCUT2D eigenvalue weighted by Crippen LogP contribution is -2.08. The smallest absolute Gasteiger partial charge is 0.409 e. The van der Waals surface area contributed by atoms with E-state index in [1.165, 1.54) is 18.3 Å². The summed E-state index contributed by atoms with van der Waals surface area (Å²) in [7, 11) is 0. The zero-order chi connectivity index (χ0) is 10.4. The van der Waals surface area contributed by atoms with Crippen LogP contribution in [0.4, 0.5) is 10.5 Å². The highest BCUT2D eigenvalue weighted by Crippen LogP contribution is 2.13. The van der Waals surface area contributed by atoms with Crippen molar-refractivity contribution in [3.8, 4) is 5.88 Å². The van der Waals surface area contributed by atoms with Gasteiger partial charge in [-0.25, -0.2) is 9.78 Å². The van der Waals surface area contributed by atoms with Crippen LogP contribution in [0.3, 0.4) is 0 Å². The van der Waals surface area contributed by atoms with Gasteiger partial charge in [0.15, 0.2) is 0 Å². The number of aliphatic hydroxyl groups excluding tert-OH is 1. The number of aromatic nitrogens is 1. The number of nitrogens with one attached hydrogen (secondary N) is 1. The topological polar surface area (TPSA) is 91.7 Å². The molecule has 0 fully saturated rings. The van der Waals surface area contributed by atoms with Crippen molar-refractivity contribution >= 4 is 11.8 Å². The molecule has 6 nitrogen and oxygen atoms in total. The average molecular weight is 198 g/mol. The molecule has 0 aliphatic heterocycles. The lowest BCUT2D eigenvalue weighted by atomic mass is 10.4. The van der Waals surface area contributed by atoms with Gasteiger partial charge in [-0.05, 0) is 6.07 Å². The SMILES string of the molecule is O=C(O)Nc1ccnc(OCCO)c1. The number of pyridine rings is 1. The first kappa shape index (κ1) is 10.3. The minimum absolute atomic E-state index is 0.113. The van der Waals surface area contributed by atoms with Gasteiger partial charge < -0.3 is 14.9 Å². The number of hydrogen-bond donors (Lipinski definition) is 3. The van der Waals surface area contributed by atoms with Gasteiger partial charge in [0.25, 0.3) is 0 Å². The van der Waals surface area contributed by atoms with E-state index in [9.17, 15) is 4.79 Å². The molecule has 1 heterocycles. The summed E-state index contributed by atoms with van der Waals surface area (Å²) in [6, 6.07) is 2.93. The second-order valence-electron chi connectivity index (χ2n) is 2.38. The van der Waals surface area contributed by atoms with Crippen molar-refractivity contribution < 1.29 is 19.7 Å². The van der Waals surface area contributed by atoms with Crippen molar-refractivity contribution in [2.45, 2.75) is 0 Å². The molecule has 0 radical (unpaired) electrons. The lowest BCUT2D eigenvalue weighted by molar-refractivity contribution is 0.196. The second kappa shape index (κ2) is 5.03. The molecular weight excluding hydrogens is 188 g/mol. The van der Waals surface area contributed by atoms with Crippen LogP contribution in [0.15, 0.2) is 18.3 Å². The maximum absolute atomic E-state index is 10.3. The van der Waals surface area contributed by atoms with Crippen LogP contribution < -0.4 is 10.1 Å². The van der Waals surface area contributed by atoms with Crippen LogP contribution >= 0.6 is 0 Å². The van der Waals surface area contributed by atoms with Crippen LogP contribution in [0, 0.1) is 0 Å². The lowest BCUT2D eigenvalue weighted by Gasteiger charge is -2.04. The fraction of sp³-hybridized carbons (Fsp3) is 0.250. The third kappa shape index (κ3) is 3.28. The molecule has 0 aliphatic rings. The Morgan fingerprint density at radius 1 is 1.64 bits per heavy atom. The monoisotopic (exact) mass is 198 g/mol. The zero-order valence-corrected chi connectivity index (χ0v) is 7.30. The van der Waals surface area contributed by atoms with Crippen LogP contribution in [-0.4, -0.2) is 34.5 Å². The largest absolute Gasteiger partial charge is 0.475 e. The molecule has 1 rings (SSSR count). The van der Waals surface area contributed by atoms with E-state index in [2.05, 4.69) is 10.3 Å². The van der Waals surface area contributed by atoms with Gasteiger partial charge in [-0.2, -0.15) is 0 Å². The Morgan fingerprint density at radius 3 is 3.07 bits per heavy atom. The van der Waals surface area contributed by atoms with Crippen molar-refractivity contribution in [2.24, 2.45) is 0 Å². The number of amides is 1. The average Bonchev–Trinajstić information content (AvgIpc) is 2.14. The Kier molecular flexibility index (Phi) is 3.69. The molecule has 0 saturated carbocycles. The molecule has 1 aromatic rings. The summed E-state index contributed by atoms with van der Waals surface area (Å²) in [5.74, 6) is 0.269. The third-order valence-electron chi connectivity index (χ3n) is 1.33. The zero-order valence-electron chi connectivity index (χ0n) is 7.30. The molecule has 0 bridgehead atoms. The van der Waals surface area contributed by atoms with Gasteiger partial charge in [-0.3, -0.25) is 5.32 Å². The molecule has 76 valence electrons. The van der Waals surface area contributed by atoms with Gasteiger partial charge in [-0.15, -0.1) is 0 Å². The standard InChI is InChI=1S/C8H10N2O4/c11-3-4-14-7-5-6(1-2-9-7)10-8(12)13/h1-2,5,11H,3-4H2,(H,9,10)(H,12,13). The van der Waals surface area contributed by atoms with Crippen LogP contribution in [0.5, 0.6) is 5.88 Å². The van der Waals surface area contributed by atoms with E-state index >= 15 is 0 Å². The molecule has 3 N–H and O–H groups in total. The second-order valence-corrected chi connectivity index (χ2v) is 2.38. The van der Waals surface area contributed by atoms with Gasteiger partial charge in [0.05, 0.1) is 12.3 Å². The number of carbonyl (C=O) groups is 1. The first-order valence-electron chi connectivity index (χ1n) is 3.92. The van der Waals surface area contributed by atoms with Crippen LogP contribution in [0.1, 0.15) is 0 Å². The summed E-state index contributed by atoms with van der Waals surface area (Å²) in [4.78, 5) is 14.1. The molecule has 1 amide bonds. The maximum atomic E-state index is 10.3. The van der Waals surface area contributed by atoms with Gasteiger partial charge in [0.1, 0.15) is 6.61 Å². The summed E-state index contributed by atoms with van der Waals surface area (Å²) in [6.07, 6.45) is 0.266. The fourth-order valence-electron chi connectivity index (χ4n) is 0.840. The predicted molar refractivity (Wildman–Crippen MR) is 48.5 cm³/mol. The Bertz CT molecular complexity index is 316. The summed E-state index contributed by atoms with van der Waals surface area (Å²) in [5.41, 5.74) is 0.375.